The van der Waals surface area contributed by atoms with E-state index in [2.05, 4.69) is 9.97 Å². The molecule has 0 unspecified atom stereocenters. The fourth-order valence-electron chi connectivity index (χ4n) is 3.69. The van der Waals surface area contributed by atoms with Crippen LogP contribution in [0.25, 0.3) is 11.3 Å². The summed E-state index contributed by atoms with van der Waals surface area (Å²) in [5.41, 5.74) is 3.62. The number of hydrogen-bond acceptors (Lipinski definition) is 6. The highest BCUT2D eigenvalue weighted by atomic mass is 35.5. The first-order valence-electron chi connectivity index (χ1n) is 9.45. The molecule has 4 rings (SSSR count). The number of phenols is 2. The predicted octanol–water partition coefficient (Wildman–Crippen LogP) is 4.91. The van der Waals surface area contributed by atoms with Crippen molar-refractivity contribution in [3.05, 3.63) is 58.7 Å². The molecule has 2 heterocycles. The number of benzene rings is 2. The molecule has 0 aliphatic carbocycles. The summed E-state index contributed by atoms with van der Waals surface area (Å²) in [6.07, 6.45) is 3.51. The third kappa shape index (κ3) is 3.82. The van der Waals surface area contributed by atoms with Crippen LogP contribution in [0.2, 0.25) is 5.15 Å². The molecule has 154 valence electrons. The fraction of sp³-hybridized carbons (Fsp3) is 0.227. The van der Waals surface area contributed by atoms with Crippen molar-refractivity contribution in [1.29, 1.82) is 0 Å². The van der Waals surface area contributed by atoms with Crippen LogP contribution in [0.5, 0.6) is 11.5 Å². The van der Waals surface area contributed by atoms with Gasteiger partial charge in [0.05, 0.1) is 11.3 Å². The molecule has 0 saturated heterocycles. The molecule has 3 aromatic rings. The van der Waals surface area contributed by atoms with Crippen molar-refractivity contribution in [2.75, 3.05) is 11.2 Å². The molecule has 1 amide bonds. The van der Waals surface area contributed by atoms with Crippen LogP contribution in [0.4, 0.5) is 5.69 Å². The van der Waals surface area contributed by atoms with Crippen molar-refractivity contribution in [3.8, 4) is 22.8 Å². The first kappa shape index (κ1) is 20.5. The minimum Gasteiger partial charge on any atom is -0.508 e. The van der Waals surface area contributed by atoms with Crippen LogP contribution < -0.4 is 4.90 Å². The zero-order valence-electron chi connectivity index (χ0n) is 16.5. The zero-order chi connectivity index (χ0) is 21.4. The smallest absolute Gasteiger partial charge is 0.262 e. The lowest BCUT2D eigenvalue weighted by molar-refractivity contribution is 0.0972. The first-order chi connectivity index (χ1) is 14.4. The second kappa shape index (κ2) is 8.16. The van der Waals surface area contributed by atoms with E-state index in [4.69, 9.17) is 11.6 Å². The lowest BCUT2D eigenvalue weighted by atomic mass is 9.93. The average Bonchev–Trinajstić information content (AvgIpc) is 2.72. The minimum absolute atomic E-state index is 0.0272. The number of rotatable bonds is 3. The number of nitrogens with zero attached hydrogens (tertiary/aromatic N) is 3. The summed E-state index contributed by atoms with van der Waals surface area (Å²) in [7, 11) is 0. The standard InChI is InChI=1S/C22H20ClN3O3S/c1-12-3-4-14-9-13(17-11-20(23)25-22(24-17)30-2)5-8-18(14)26(12)21(29)16-7-6-15(27)10-19(16)28/h5-12,27-28H,3-4H2,1-2H3/t12-/m0/s1. The van der Waals surface area contributed by atoms with Crippen LogP contribution in [-0.2, 0) is 6.42 Å². The third-order valence-electron chi connectivity index (χ3n) is 5.19. The van der Waals surface area contributed by atoms with E-state index in [1.165, 1.54) is 30.0 Å². The molecule has 2 N–H and O–H groups in total. The number of anilines is 1. The van der Waals surface area contributed by atoms with Gasteiger partial charge in [-0.3, -0.25) is 4.79 Å². The molecular weight excluding hydrogens is 422 g/mol. The zero-order valence-corrected chi connectivity index (χ0v) is 18.0. The SMILES string of the molecule is CSc1nc(Cl)cc(-c2ccc3c(c2)CC[C@H](C)N3C(=O)c2ccc(O)cc2O)n1. The number of fused-ring (bicyclic) bond motifs is 1. The maximum Gasteiger partial charge on any atom is 0.262 e. The van der Waals surface area contributed by atoms with E-state index >= 15 is 0 Å². The van der Waals surface area contributed by atoms with Gasteiger partial charge in [-0.05, 0) is 55.9 Å². The summed E-state index contributed by atoms with van der Waals surface area (Å²) in [5, 5.41) is 20.7. The summed E-state index contributed by atoms with van der Waals surface area (Å²) in [6, 6.07) is 11.6. The lowest BCUT2D eigenvalue weighted by Crippen LogP contribution is -2.42. The number of aryl methyl sites for hydroxylation is 1. The Labute approximate surface area is 183 Å². The van der Waals surface area contributed by atoms with Gasteiger partial charge in [-0.2, -0.15) is 0 Å². The average molecular weight is 442 g/mol. The van der Waals surface area contributed by atoms with Crippen LogP contribution in [0, 0.1) is 0 Å². The Balaban J connectivity index is 1.74. The van der Waals surface area contributed by atoms with Crippen molar-refractivity contribution in [1.82, 2.24) is 9.97 Å². The Morgan fingerprint density at radius 1 is 1.17 bits per heavy atom. The lowest BCUT2D eigenvalue weighted by Gasteiger charge is -2.35. The normalized spacial score (nSPS) is 15.7. The van der Waals surface area contributed by atoms with Crippen LogP contribution in [0.15, 0.2) is 47.6 Å². The van der Waals surface area contributed by atoms with Crippen molar-refractivity contribution >= 4 is 35.0 Å². The Morgan fingerprint density at radius 3 is 2.70 bits per heavy atom. The highest BCUT2D eigenvalue weighted by Crippen LogP contribution is 2.36. The molecule has 2 aromatic carbocycles. The summed E-state index contributed by atoms with van der Waals surface area (Å²) in [6.45, 7) is 1.99. The second-order valence-corrected chi connectivity index (χ2v) is 8.33. The van der Waals surface area contributed by atoms with E-state index in [-0.39, 0.29) is 29.0 Å². The molecule has 1 atom stereocenters. The predicted molar refractivity (Wildman–Crippen MR) is 119 cm³/mol. The van der Waals surface area contributed by atoms with Gasteiger partial charge >= 0.3 is 0 Å². The summed E-state index contributed by atoms with van der Waals surface area (Å²) in [5.74, 6) is -0.631. The number of amides is 1. The fourth-order valence-corrected chi connectivity index (χ4v) is 4.30. The molecule has 0 saturated carbocycles. The largest absolute Gasteiger partial charge is 0.508 e. The van der Waals surface area contributed by atoms with Gasteiger partial charge in [0, 0.05) is 29.4 Å². The molecular formula is C22H20ClN3O3S. The molecule has 1 aliphatic rings. The van der Waals surface area contributed by atoms with Crippen LogP contribution in [0.3, 0.4) is 0 Å². The highest BCUT2D eigenvalue weighted by molar-refractivity contribution is 7.98. The monoisotopic (exact) mass is 441 g/mol. The van der Waals surface area contributed by atoms with E-state index in [1.54, 1.807) is 11.0 Å². The maximum atomic E-state index is 13.2. The summed E-state index contributed by atoms with van der Waals surface area (Å²) < 4.78 is 0. The Morgan fingerprint density at radius 2 is 1.97 bits per heavy atom. The molecule has 1 aromatic heterocycles. The van der Waals surface area contributed by atoms with Gasteiger partial charge in [0.15, 0.2) is 5.16 Å². The number of aromatic nitrogens is 2. The van der Waals surface area contributed by atoms with E-state index in [0.717, 1.165) is 35.3 Å². The second-order valence-electron chi connectivity index (χ2n) is 7.17. The minimum atomic E-state index is -0.302. The molecule has 1 aliphatic heterocycles. The molecule has 0 bridgehead atoms. The van der Waals surface area contributed by atoms with Gasteiger partial charge in [0.25, 0.3) is 5.91 Å². The van der Waals surface area contributed by atoms with E-state index < -0.39 is 0 Å². The van der Waals surface area contributed by atoms with Gasteiger partial charge < -0.3 is 15.1 Å². The van der Waals surface area contributed by atoms with Crippen LogP contribution >= 0.6 is 23.4 Å². The molecule has 30 heavy (non-hydrogen) atoms. The number of hydrogen-bond donors (Lipinski definition) is 2. The van der Waals surface area contributed by atoms with Gasteiger partial charge in [0.2, 0.25) is 0 Å². The van der Waals surface area contributed by atoms with Crippen LogP contribution in [0.1, 0.15) is 29.3 Å². The summed E-state index contributed by atoms with van der Waals surface area (Å²) >= 11 is 7.56. The van der Waals surface area contributed by atoms with Crippen molar-refractivity contribution in [2.24, 2.45) is 0 Å². The number of aromatic hydroxyl groups is 2. The van der Waals surface area contributed by atoms with Gasteiger partial charge in [0.1, 0.15) is 16.7 Å². The number of thioether (sulfide) groups is 1. The Kier molecular flexibility index (Phi) is 5.58. The highest BCUT2D eigenvalue weighted by Gasteiger charge is 2.30. The number of carbonyl (C=O) groups is 1. The quantitative estimate of drug-likeness (QED) is 0.341. The van der Waals surface area contributed by atoms with Gasteiger partial charge in [-0.25, -0.2) is 9.97 Å². The van der Waals surface area contributed by atoms with E-state index in [9.17, 15) is 15.0 Å². The Bertz CT molecular complexity index is 1140. The summed E-state index contributed by atoms with van der Waals surface area (Å²) in [4.78, 5) is 23.7. The van der Waals surface area contributed by atoms with Gasteiger partial charge in [-0.15, -0.1) is 0 Å². The Hall–Kier alpha value is -2.77. The van der Waals surface area contributed by atoms with Gasteiger partial charge in [-0.1, -0.05) is 29.4 Å². The van der Waals surface area contributed by atoms with E-state index in [1.807, 2.05) is 31.4 Å². The molecule has 0 spiro atoms. The van der Waals surface area contributed by atoms with Crippen molar-refractivity contribution in [2.45, 2.75) is 31.0 Å². The van der Waals surface area contributed by atoms with Crippen molar-refractivity contribution < 1.29 is 15.0 Å². The molecule has 8 heteroatoms. The number of phenolic OH excluding ortho intramolecular Hbond substituents is 2. The number of halogens is 1. The van der Waals surface area contributed by atoms with E-state index in [0.29, 0.717) is 10.3 Å². The third-order valence-corrected chi connectivity index (χ3v) is 5.94. The molecule has 0 fully saturated rings. The first-order valence-corrected chi connectivity index (χ1v) is 11.0. The topological polar surface area (TPSA) is 86.6 Å². The maximum absolute atomic E-state index is 13.2. The van der Waals surface area contributed by atoms with Crippen LogP contribution in [-0.4, -0.2) is 38.4 Å². The number of carbonyl (C=O) groups excluding carboxylic acids is 1. The van der Waals surface area contributed by atoms with Crippen molar-refractivity contribution in [3.63, 3.8) is 0 Å². The molecule has 0 radical (unpaired) electrons. The molecule has 6 nitrogen and oxygen atoms in total.